The lowest BCUT2D eigenvalue weighted by Gasteiger charge is -2.18. The van der Waals surface area contributed by atoms with Gasteiger partial charge in [-0.25, -0.2) is 10.2 Å². The predicted octanol–water partition coefficient (Wildman–Crippen LogP) is 7.12. The molecule has 4 aromatic rings. The van der Waals surface area contributed by atoms with Gasteiger partial charge in [0.15, 0.2) is 17.6 Å². The fraction of sp³-hybridized carbons (Fsp3) is 0.316. The summed E-state index contributed by atoms with van der Waals surface area (Å²) in [5.41, 5.74) is 7.25. The van der Waals surface area contributed by atoms with Crippen LogP contribution in [0.2, 0.25) is 0 Å². The average Bonchev–Trinajstić information content (AvgIpc) is 3.45. The number of anilines is 1. The number of rotatable bonds is 13. The number of nitrogens with zero attached hydrogens (tertiary/aromatic N) is 1. The van der Waals surface area contributed by atoms with Gasteiger partial charge in [0.25, 0.3) is 11.8 Å². The Kier molecular flexibility index (Phi) is 11.7. The fourth-order valence-corrected chi connectivity index (χ4v) is 6.76. The highest BCUT2D eigenvalue weighted by Crippen LogP contribution is 2.40. The minimum atomic E-state index is -0.865. The summed E-state index contributed by atoms with van der Waals surface area (Å²) in [5, 5.41) is 7.49. The third-order valence-corrected chi connectivity index (χ3v) is 9.28. The van der Waals surface area contributed by atoms with Gasteiger partial charge in [0, 0.05) is 10.4 Å². The van der Waals surface area contributed by atoms with Crippen LogP contribution < -0.4 is 25.0 Å². The summed E-state index contributed by atoms with van der Waals surface area (Å²) in [4.78, 5) is 39.8. The summed E-state index contributed by atoms with van der Waals surface area (Å²) in [7, 11) is 1.56. The van der Waals surface area contributed by atoms with Crippen LogP contribution in [-0.4, -0.2) is 43.8 Å². The molecule has 0 radical (unpaired) electrons. The van der Waals surface area contributed by atoms with Crippen LogP contribution in [0.1, 0.15) is 75.0 Å². The van der Waals surface area contributed by atoms with E-state index in [1.165, 1.54) is 23.1 Å². The van der Waals surface area contributed by atoms with Crippen LogP contribution >= 0.6 is 11.3 Å². The Morgan fingerprint density at radius 1 is 1.04 bits per heavy atom. The number of nitrogens with one attached hydrogen (secondary N) is 2. The van der Waals surface area contributed by atoms with Gasteiger partial charge in [-0.3, -0.25) is 9.59 Å². The first-order valence-corrected chi connectivity index (χ1v) is 17.1. The molecule has 1 aliphatic carbocycles. The monoisotopic (exact) mass is 683 g/mol. The van der Waals surface area contributed by atoms with Crippen molar-refractivity contribution in [2.75, 3.05) is 19.0 Å². The van der Waals surface area contributed by atoms with Crippen molar-refractivity contribution in [1.29, 1.82) is 0 Å². The highest BCUT2D eigenvalue weighted by Gasteiger charge is 2.29. The average molecular weight is 684 g/mol. The molecule has 5 rings (SSSR count). The number of benzene rings is 3. The molecule has 2 N–H and O–H groups in total. The molecule has 0 saturated carbocycles. The number of methoxy groups -OCH3 is 1. The van der Waals surface area contributed by atoms with Crippen molar-refractivity contribution in [3.8, 4) is 17.2 Å². The van der Waals surface area contributed by atoms with Crippen molar-refractivity contribution in [2.45, 2.75) is 59.7 Å². The highest BCUT2D eigenvalue weighted by molar-refractivity contribution is 7.17. The first-order valence-electron chi connectivity index (χ1n) is 16.2. The maximum absolute atomic E-state index is 13.2. The van der Waals surface area contributed by atoms with E-state index in [1.807, 2.05) is 37.3 Å². The van der Waals surface area contributed by atoms with Crippen LogP contribution in [-0.2, 0) is 29.0 Å². The second-order valence-corrected chi connectivity index (χ2v) is 13.0. The number of amides is 2. The first-order chi connectivity index (χ1) is 23.6. The fourth-order valence-electron chi connectivity index (χ4n) is 5.37. The first kappa shape index (κ1) is 35.2. The van der Waals surface area contributed by atoms with E-state index in [9.17, 15) is 14.4 Å². The van der Waals surface area contributed by atoms with Gasteiger partial charge in [-0.05, 0) is 105 Å². The number of ether oxygens (including phenoxy) is 4. The van der Waals surface area contributed by atoms with Gasteiger partial charge in [-0.15, -0.1) is 11.3 Å². The largest absolute Gasteiger partial charge is 0.493 e. The van der Waals surface area contributed by atoms with Gasteiger partial charge in [0.05, 0.1) is 25.5 Å². The number of fused-ring (bicyclic) bond motifs is 1. The number of esters is 1. The zero-order chi connectivity index (χ0) is 34.9. The summed E-state index contributed by atoms with van der Waals surface area (Å²) < 4.78 is 22.5. The van der Waals surface area contributed by atoms with Crippen LogP contribution in [0.25, 0.3) is 0 Å². The van der Waals surface area contributed by atoms with E-state index in [4.69, 9.17) is 18.9 Å². The molecule has 0 fully saturated rings. The van der Waals surface area contributed by atoms with Gasteiger partial charge < -0.3 is 24.3 Å². The van der Waals surface area contributed by atoms with E-state index in [2.05, 4.69) is 22.8 Å². The maximum atomic E-state index is 13.2. The molecule has 1 aliphatic rings. The molecule has 1 heterocycles. The van der Waals surface area contributed by atoms with E-state index in [1.54, 1.807) is 57.4 Å². The van der Waals surface area contributed by atoms with E-state index in [-0.39, 0.29) is 12.5 Å². The molecule has 10 nitrogen and oxygen atoms in total. The number of hydrogen-bond donors (Lipinski definition) is 2. The molecular weight excluding hydrogens is 642 g/mol. The number of aryl methyl sites for hydroxylation is 1. The predicted molar refractivity (Wildman–Crippen MR) is 190 cm³/mol. The summed E-state index contributed by atoms with van der Waals surface area (Å²) in [6.45, 7) is 8.25. The SMILES string of the molecule is CCOC(=O)c1c(NC(=O)c2ccc(OC(C)C(=O)NN=Cc3ccc(OCc4ccc(C)cc4)c(OC)c3)cc2)sc2c1CCC(C)C2. The molecule has 2 atom stereocenters. The van der Waals surface area contributed by atoms with Gasteiger partial charge in [-0.1, -0.05) is 36.8 Å². The summed E-state index contributed by atoms with van der Waals surface area (Å²) in [5.74, 6) is 0.836. The number of thiophene rings is 1. The van der Waals surface area contributed by atoms with Crippen molar-refractivity contribution < 1.29 is 33.3 Å². The molecule has 2 unspecified atom stereocenters. The smallest absolute Gasteiger partial charge is 0.341 e. The van der Waals surface area contributed by atoms with E-state index in [0.717, 1.165) is 35.3 Å². The second-order valence-electron chi connectivity index (χ2n) is 11.9. The molecule has 3 aromatic carbocycles. The Morgan fingerprint density at radius 3 is 2.51 bits per heavy atom. The third-order valence-electron chi connectivity index (χ3n) is 8.11. The Labute approximate surface area is 290 Å². The van der Waals surface area contributed by atoms with E-state index < -0.39 is 18.0 Å². The number of hydrogen-bond acceptors (Lipinski definition) is 9. The molecule has 0 bridgehead atoms. The maximum Gasteiger partial charge on any atom is 0.341 e. The van der Waals surface area contributed by atoms with Crippen LogP contribution in [0.15, 0.2) is 71.8 Å². The summed E-state index contributed by atoms with van der Waals surface area (Å²) in [6, 6.07) is 19.9. The standard InChI is InChI=1S/C38H41N3O7S/c1-6-46-38(44)34-30-17-9-24(3)19-33(30)49-37(34)40-36(43)28-13-15-29(16-14-28)48-25(4)35(42)41-39-21-27-12-18-31(32(20-27)45-5)47-22-26-10-7-23(2)8-11-26/h7-8,10-16,18,20-21,24-25H,6,9,17,19,22H2,1-5H3,(H,40,43)(H,41,42). The Balaban J connectivity index is 1.14. The molecular formula is C38H41N3O7S. The van der Waals surface area contributed by atoms with Crippen LogP contribution in [0.5, 0.6) is 17.2 Å². The lowest BCUT2D eigenvalue weighted by molar-refractivity contribution is -0.127. The second kappa shape index (κ2) is 16.3. The number of hydrazone groups is 1. The molecule has 0 spiro atoms. The number of carbonyl (C=O) groups is 3. The summed E-state index contributed by atoms with van der Waals surface area (Å²) >= 11 is 1.44. The number of carbonyl (C=O) groups excluding carboxylic acids is 3. The topological polar surface area (TPSA) is 125 Å². The molecule has 11 heteroatoms. The van der Waals surface area contributed by atoms with Crippen molar-refractivity contribution in [2.24, 2.45) is 11.0 Å². The molecule has 0 saturated heterocycles. The minimum Gasteiger partial charge on any atom is -0.493 e. The van der Waals surface area contributed by atoms with Crippen LogP contribution in [0.3, 0.4) is 0 Å². The Bertz CT molecular complexity index is 1820. The van der Waals surface area contributed by atoms with Crippen molar-refractivity contribution in [1.82, 2.24) is 5.43 Å². The summed E-state index contributed by atoms with van der Waals surface area (Å²) in [6.07, 6.45) is 3.28. The van der Waals surface area contributed by atoms with E-state index in [0.29, 0.717) is 51.5 Å². The van der Waals surface area contributed by atoms with E-state index >= 15 is 0 Å². The van der Waals surface area contributed by atoms with Crippen molar-refractivity contribution >= 4 is 40.3 Å². The van der Waals surface area contributed by atoms with Gasteiger partial charge in [-0.2, -0.15) is 5.10 Å². The normalized spacial score (nSPS) is 14.4. The van der Waals surface area contributed by atoms with Crippen LogP contribution in [0.4, 0.5) is 5.00 Å². The third kappa shape index (κ3) is 9.05. The van der Waals surface area contributed by atoms with Gasteiger partial charge in [0.1, 0.15) is 17.4 Å². The quantitative estimate of drug-likeness (QED) is 0.0874. The lowest BCUT2D eigenvalue weighted by Crippen LogP contribution is -2.33. The van der Waals surface area contributed by atoms with Gasteiger partial charge in [0.2, 0.25) is 0 Å². The van der Waals surface area contributed by atoms with Crippen LogP contribution in [0, 0.1) is 12.8 Å². The van der Waals surface area contributed by atoms with Crippen molar-refractivity contribution in [3.05, 3.63) is 105 Å². The highest BCUT2D eigenvalue weighted by atomic mass is 32.1. The zero-order valence-corrected chi connectivity index (χ0v) is 29.1. The minimum absolute atomic E-state index is 0.256. The van der Waals surface area contributed by atoms with Crippen molar-refractivity contribution in [3.63, 3.8) is 0 Å². The molecule has 0 aliphatic heterocycles. The zero-order valence-electron chi connectivity index (χ0n) is 28.3. The Hall–Kier alpha value is -5.16. The lowest BCUT2D eigenvalue weighted by atomic mass is 9.88. The molecule has 1 aromatic heterocycles. The molecule has 256 valence electrons. The van der Waals surface area contributed by atoms with Gasteiger partial charge >= 0.3 is 5.97 Å². The molecule has 49 heavy (non-hydrogen) atoms. The Morgan fingerprint density at radius 2 is 1.80 bits per heavy atom. The molecule has 2 amide bonds.